The molecule has 0 aliphatic carbocycles. The van der Waals surface area contributed by atoms with E-state index in [1.165, 1.54) is 36.6 Å². The van der Waals surface area contributed by atoms with Gasteiger partial charge in [0.25, 0.3) is 0 Å². The molecule has 0 aromatic heterocycles. The third-order valence-electron chi connectivity index (χ3n) is 2.48. The first kappa shape index (κ1) is 13.5. The molecule has 0 unspecified atom stereocenters. The van der Waals surface area contributed by atoms with Crippen molar-refractivity contribution in [1.29, 1.82) is 0 Å². The number of rotatable bonds is 7. The van der Waals surface area contributed by atoms with E-state index in [4.69, 9.17) is 0 Å². The fraction of sp³-hybridized carbons (Fsp3) is 0.467. The number of hydrogen-bond acceptors (Lipinski definition) is 0. The van der Waals surface area contributed by atoms with Gasteiger partial charge in [-0.15, -0.1) is 0 Å². The zero-order chi connectivity index (χ0) is 11.6. The Hall–Kier alpha value is -0.521. The molecule has 0 saturated carbocycles. The zero-order valence-corrected chi connectivity index (χ0v) is 12.1. The first-order valence-electron chi connectivity index (χ1n) is 6.22. The van der Waals surface area contributed by atoms with Crippen LogP contribution in [0.3, 0.4) is 0 Å². The SMILES string of the molecule is CCCC/C=C(/Cc1ccccc1)[Se]CC. The molecule has 1 aromatic rings. The minimum absolute atomic E-state index is 0.698. The van der Waals surface area contributed by atoms with Gasteiger partial charge < -0.3 is 0 Å². The Morgan fingerprint density at radius 3 is 2.56 bits per heavy atom. The molecule has 0 nitrogen and oxygen atoms in total. The van der Waals surface area contributed by atoms with Gasteiger partial charge in [-0.3, -0.25) is 0 Å². The molecule has 0 heterocycles. The van der Waals surface area contributed by atoms with Crippen LogP contribution in [0.2, 0.25) is 5.32 Å². The summed E-state index contributed by atoms with van der Waals surface area (Å²) in [7, 11) is 0. The van der Waals surface area contributed by atoms with E-state index in [-0.39, 0.29) is 0 Å². The third kappa shape index (κ3) is 5.53. The van der Waals surface area contributed by atoms with E-state index in [0.29, 0.717) is 15.0 Å². The normalized spacial score (nSPS) is 11.8. The average molecular weight is 281 g/mol. The summed E-state index contributed by atoms with van der Waals surface area (Å²) in [6.07, 6.45) is 7.55. The van der Waals surface area contributed by atoms with E-state index in [1.54, 1.807) is 4.47 Å². The molecule has 88 valence electrons. The van der Waals surface area contributed by atoms with Crippen molar-refractivity contribution in [2.45, 2.75) is 44.9 Å². The van der Waals surface area contributed by atoms with Gasteiger partial charge in [-0.2, -0.15) is 0 Å². The van der Waals surface area contributed by atoms with Gasteiger partial charge in [-0.05, 0) is 0 Å². The second-order valence-electron chi connectivity index (χ2n) is 3.91. The summed E-state index contributed by atoms with van der Waals surface area (Å²) in [5, 5.41) is 1.32. The topological polar surface area (TPSA) is 0 Å². The van der Waals surface area contributed by atoms with Crippen LogP contribution < -0.4 is 0 Å². The Balaban J connectivity index is 2.53. The molecule has 1 aromatic carbocycles. The monoisotopic (exact) mass is 282 g/mol. The van der Waals surface area contributed by atoms with Crippen molar-refractivity contribution in [3.8, 4) is 0 Å². The van der Waals surface area contributed by atoms with E-state index in [9.17, 15) is 0 Å². The minimum atomic E-state index is 0.698. The average Bonchev–Trinajstić information content (AvgIpc) is 2.31. The first-order chi connectivity index (χ1) is 7.86. The maximum atomic E-state index is 2.49. The van der Waals surface area contributed by atoms with Crippen molar-refractivity contribution >= 4 is 15.0 Å². The van der Waals surface area contributed by atoms with E-state index in [0.717, 1.165) is 0 Å². The predicted molar refractivity (Wildman–Crippen MR) is 74.0 cm³/mol. The van der Waals surface area contributed by atoms with Gasteiger partial charge in [0, 0.05) is 0 Å². The number of unbranched alkanes of at least 4 members (excludes halogenated alkanes) is 2. The molecule has 16 heavy (non-hydrogen) atoms. The van der Waals surface area contributed by atoms with Crippen molar-refractivity contribution in [3.05, 3.63) is 46.4 Å². The van der Waals surface area contributed by atoms with Crippen LogP contribution in [0.25, 0.3) is 0 Å². The number of benzene rings is 1. The molecule has 0 aliphatic rings. The molecule has 1 heteroatoms. The molecule has 0 amide bonds. The Morgan fingerprint density at radius 2 is 1.94 bits per heavy atom. The van der Waals surface area contributed by atoms with Gasteiger partial charge in [-0.1, -0.05) is 0 Å². The van der Waals surface area contributed by atoms with E-state index in [1.807, 2.05) is 0 Å². The standard InChI is InChI=1S/C15H22Se/c1-3-5-7-12-15(16-4-2)13-14-10-8-6-9-11-14/h6,8-12H,3-5,7,13H2,1-2H3/b15-12-. The van der Waals surface area contributed by atoms with Gasteiger partial charge in [0.05, 0.1) is 0 Å². The summed E-state index contributed by atoms with van der Waals surface area (Å²) in [5.41, 5.74) is 1.46. The van der Waals surface area contributed by atoms with Crippen molar-refractivity contribution in [3.63, 3.8) is 0 Å². The maximum absolute atomic E-state index is 2.49. The summed E-state index contributed by atoms with van der Waals surface area (Å²) < 4.78 is 1.68. The molecule has 0 spiro atoms. The second-order valence-corrected chi connectivity index (χ2v) is 6.83. The Bertz CT molecular complexity index is 300. The number of allylic oxidation sites excluding steroid dienone is 2. The van der Waals surface area contributed by atoms with Crippen LogP contribution in [-0.4, -0.2) is 15.0 Å². The summed E-state index contributed by atoms with van der Waals surface area (Å²) in [5.74, 6) is 0. The Labute approximate surface area is 106 Å². The molecule has 0 radical (unpaired) electrons. The van der Waals surface area contributed by atoms with Gasteiger partial charge in [0.2, 0.25) is 0 Å². The molecule has 0 N–H and O–H groups in total. The molecule has 1 rings (SSSR count). The van der Waals surface area contributed by atoms with Gasteiger partial charge in [0.15, 0.2) is 0 Å². The van der Waals surface area contributed by atoms with Crippen molar-refractivity contribution < 1.29 is 0 Å². The molecule has 0 atom stereocenters. The molecular weight excluding hydrogens is 259 g/mol. The van der Waals surface area contributed by atoms with Crippen LogP contribution in [-0.2, 0) is 6.42 Å². The zero-order valence-electron chi connectivity index (χ0n) is 10.4. The molecule has 0 bridgehead atoms. The molecule has 0 aliphatic heterocycles. The quantitative estimate of drug-likeness (QED) is 0.512. The van der Waals surface area contributed by atoms with Crippen LogP contribution in [0.4, 0.5) is 0 Å². The van der Waals surface area contributed by atoms with Gasteiger partial charge >= 0.3 is 106 Å². The summed E-state index contributed by atoms with van der Waals surface area (Å²) in [6, 6.07) is 10.8. The summed E-state index contributed by atoms with van der Waals surface area (Å²) >= 11 is 0.698. The van der Waals surface area contributed by atoms with Crippen molar-refractivity contribution in [1.82, 2.24) is 0 Å². The summed E-state index contributed by atoms with van der Waals surface area (Å²) in [4.78, 5) is 0. The van der Waals surface area contributed by atoms with Crippen LogP contribution in [0.15, 0.2) is 40.9 Å². The number of hydrogen-bond donors (Lipinski definition) is 0. The van der Waals surface area contributed by atoms with Gasteiger partial charge in [-0.25, -0.2) is 0 Å². The first-order valence-corrected chi connectivity index (χ1v) is 8.29. The summed E-state index contributed by atoms with van der Waals surface area (Å²) in [6.45, 7) is 4.55. The Morgan fingerprint density at radius 1 is 1.19 bits per heavy atom. The fourth-order valence-electron chi connectivity index (χ4n) is 1.63. The predicted octanol–water partition coefficient (Wildman–Crippen LogP) is 4.45. The van der Waals surface area contributed by atoms with Gasteiger partial charge in [0.1, 0.15) is 0 Å². The molecule has 0 saturated heterocycles. The third-order valence-corrected chi connectivity index (χ3v) is 4.52. The van der Waals surface area contributed by atoms with E-state index >= 15 is 0 Å². The fourth-order valence-corrected chi connectivity index (χ4v) is 3.47. The van der Waals surface area contributed by atoms with Crippen LogP contribution in [0.1, 0.15) is 38.7 Å². The molecule has 0 fully saturated rings. The van der Waals surface area contributed by atoms with Crippen molar-refractivity contribution in [2.75, 3.05) is 0 Å². The van der Waals surface area contributed by atoms with Crippen molar-refractivity contribution in [2.24, 2.45) is 0 Å². The van der Waals surface area contributed by atoms with Crippen LogP contribution in [0.5, 0.6) is 0 Å². The van der Waals surface area contributed by atoms with E-state index in [2.05, 4.69) is 50.3 Å². The molecular formula is C15H22Se. The van der Waals surface area contributed by atoms with Crippen LogP contribution in [0, 0.1) is 0 Å². The second kappa shape index (κ2) is 8.61. The van der Waals surface area contributed by atoms with Crippen LogP contribution >= 0.6 is 0 Å². The van der Waals surface area contributed by atoms with E-state index < -0.39 is 0 Å². The Kier molecular flexibility index (Phi) is 7.29.